The molecule has 0 bridgehead atoms. The zero-order chi connectivity index (χ0) is 9.84. The lowest BCUT2D eigenvalue weighted by atomic mass is 10.1. The van der Waals surface area contributed by atoms with Gasteiger partial charge in [0.1, 0.15) is 4.60 Å². The van der Waals surface area contributed by atoms with E-state index in [1.165, 1.54) is 12.3 Å². The van der Waals surface area contributed by atoms with Crippen LogP contribution in [-0.4, -0.2) is 4.98 Å². The van der Waals surface area contributed by atoms with Crippen LogP contribution in [0.3, 0.4) is 0 Å². The number of pyridine rings is 1. The van der Waals surface area contributed by atoms with Crippen molar-refractivity contribution in [1.29, 1.82) is 5.26 Å². The lowest BCUT2D eigenvalue weighted by molar-refractivity contribution is 0.149. The first-order valence-corrected chi connectivity index (χ1v) is 4.24. The fourth-order valence-corrected chi connectivity index (χ4v) is 1.50. The number of alkyl halides is 2. The minimum absolute atomic E-state index is 0.0270. The van der Waals surface area contributed by atoms with Crippen LogP contribution in [0.15, 0.2) is 16.9 Å². The first-order chi connectivity index (χ1) is 6.16. The molecule has 0 saturated heterocycles. The molecule has 1 aromatic rings. The second kappa shape index (κ2) is 4.28. The van der Waals surface area contributed by atoms with Crippen LogP contribution in [0, 0.1) is 11.3 Å². The summed E-state index contributed by atoms with van der Waals surface area (Å²) in [6, 6.07) is 3.25. The Hall–Kier alpha value is -1.02. The van der Waals surface area contributed by atoms with Crippen molar-refractivity contribution in [3.8, 4) is 6.07 Å². The fraction of sp³-hybridized carbons (Fsp3) is 0.250. The summed E-state index contributed by atoms with van der Waals surface area (Å²) in [4.78, 5) is 3.67. The van der Waals surface area contributed by atoms with E-state index in [9.17, 15) is 8.78 Å². The number of halogens is 3. The minimum atomic E-state index is -2.61. The summed E-state index contributed by atoms with van der Waals surface area (Å²) in [6.07, 6.45) is -1.24. The zero-order valence-corrected chi connectivity index (χ0v) is 8.05. The van der Waals surface area contributed by atoms with Gasteiger partial charge in [-0.15, -0.1) is 0 Å². The van der Waals surface area contributed by atoms with Gasteiger partial charge in [-0.3, -0.25) is 0 Å². The van der Waals surface area contributed by atoms with Crippen molar-refractivity contribution in [2.45, 2.75) is 12.8 Å². The number of nitriles is 1. The van der Waals surface area contributed by atoms with Crippen molar-refractivity contribution in [3.63, 3.8) is 0 Å². The molecule has 0 aliphatic carbocycles. The van der Waals surface area contributed by atoms with Crippen molar-refractivity contribution >= 4 is 15.9 Å². The van der Waals surface area contributed by atoms with Crippen LogP contribution in [0.4, 0.5) is 8.78 Å². The molecule has 2 nitrogen and oxygen atoms in total. The second-order valence-corrected chi connectivity index (χ2v) is 3.06. The molecule has 0 aliphatic rings. The highest BCUT2D eigenvalue weighted by Crippen LogP contribution is 2.28. The van der Waals surface area contributed by atoms with E-state index in [1.807, 2.05) is 6.07 Å². The highest BCUT2D eigenvalue weighted by Gasteiger charge is 2.16. The maximum atomic E-state index is 12.4. The minimum Gasteiger partial charge on any atom is -0.249 e. The lowest BCUT2D eigenvalue weighted by Gasteiger charge is -2.06. The largest absolute Gasteiger partial charge is 0.266 e. The van der Waals surface area contributed by atoms with Gasteiger partial charge in [-0.25, -0.2) is 13.8 Å². The molecule has 0 spiro atoms. The summed E-state index contributed by atoms with van der Waals surface area (Å²) >= 11 is 2.92. The smallest absolute Gasteiger partial charge is 0.249 e. The van der Waals surface area contributed by atoms with Gasteiger partial charge < -0.3 is 0 Å². The van der Waals surface area contributed by atoms with Crippen LogP contribution in [-0.2, 0) is 6.42 Å². The maximum absolute atomic E-state index is 12.4. The summed E-state index contributed by atoms with van der Waals surface area (Å²) < 4.78 is 25.0. The number of nitrogens with zero attached hydrogens (tertiary/aromatic N) is 2. The van der Waals surface area contributed by atoms with Crippen LogP contribution >= 0.6 is 15.9 Å². The molecular weight excluding hydrogens is 242 g/mol. The van der Waals surface area contributed by atoms with Crippen molar-refractivity contribution in [2.75, 3.05) is 0 Å². The monoisotopic (exact) mass is 246 g/mol. The molecule has 0 amide bonds. The molecule has 0 atom stereocenters. The zero-order valence-electron chi connectivity index (χ0n) is 6.47. The van der Waals surface area contributed by atoms with Gasteiger partial charge in [-0.1, -0.05) is 0 Å². The normalized spacial score (nSPS) is 10.1. The highest BCUT2D eigenvalue weighted by atomic mass is 79.9. The van der Waals surface area contributed by atoms with Crippen LogP contribution < -0.4 is 0 Å². The summed E-state index contributed by atoms with van der Waals surface area (Å²) in [6.45, 7) is 0. The number of rotatable bonds is 2. The lowest BCUT2D eigenvalue weighted by Crippen LogP contribution is -1.97. The van der Waals surface area contributed by atoms with Gasteiger partial charge in [0, 0.05) is 6.20 Å². The molecule has 1 aromatic heterocycles. The Labute approximate surface area is 82.3 Å². The third-order valence-electron chi connectivity index (χ3n) is 1.52. The first-order valence-electron chi connectivity index (χ1n) is 3.45. The van der Waals surface area contributed by atoms with Crippen molar-refractivity contribution < 1.29 is 8.78 Å². The van der Waals surface area contributed by atoms with Gasteiger partial charge >= 0.3 is 0 Å². The summed E-state index contributed by atoms with van der Waals surface area (Å²) in [5.41, 5.74) is 0.128. The Morgan fingerprint density at radius 3 is 2.85 bits per heavy atom. The SMILES string of the molecule is N#CCc1ccnc(Br)c1C(F)F. The fourth-order valence-electron chi connectivity index (χ4n) is 0.954. The molecule has 13 heavy (non-hydrogen) atoms. The topological polar surface area (TPSA) is 36.7 Å². The third-order valence-corrected chi connectivity index (χ3v) is 2.15. The van der Waals surface area contributed by atoms with E-state index in [-0.39, 0.29) is 16.6 Å². The van der Waals surface area contributed by atoms with Crippen LogP contribution in [0.2, 0.25) is 0 Å². The van der Waals surface area contributed by atoms with Gasteiger partial charge in [-0.2, -0.15) is 5.26 Å². The average molecular weight is 247 g/mol. The van der Waals surface area contributed by atoms with E-state index >= 15 is 0 Å². The predicted molar refractivity (Wildman–Crippen MR) is 46.2 cm³/mol. The quantitative estimate of drug-likeness (QED) is 0.753. The van der Waals surface area contributed by atoms with E-state index in [1.54, 1.807) is 0 Å². The summed E-state index contributed by atoms with van der Waals surface area (Å²) in [5, 5.41) is 8.39. The molecule has 0 saturated carbocycles. The van der Waals surface area contributed by atoms with Crippen LogP contribution in [0.25, 0.3) is 0 Å². The molecule has 1 rings (SSSR count). The standard InChI is InChI=1S/C8H5BrF2N2/c9-7-6(8(10)11)5(1-3-12)2-4-13-7/h2,4,8H,1H2. The second-order valence-electron chi connectivity index (χ2n) is 2.31. The molecule has 1 heterocycles. The van der Waals surface area contributed by atoms with Gasteiger partial charge in [0.2, 0.25) is 0 Å². The predicted octanol–water partition coefficient (Wildman–Crippen LogP) is 2.85. The average Bonchev–Trinajstić information content (AvgIpc) is 2.04. The molecule has 5 heteroatoms. The Morgan fingerprint density at radius 1 is 1.62 bits per heavy atom. The van der Waals surface area contributed by atoms with E-state index in [4.69, 9.17) is 5.26 Å². The Kier molecular flexibility index (Phi) is 3.32. The van der Waals surface area contributed by atoms with E-state index in [0.29, 0.717) is 5.56 Å². The van der Waals surface area contributed by atoms with Gasteiger partial charge in [0.25, 0.3) is 6.43 Å². The molecule has 0 aromatic carbocycles. The number of hydrogen-bond donors (Lipinski definition) is 0. The molecule has 0 aliphatic heterocycles. The first kappa shape index (κ1) is 10.1. The third kappa shape index (κ3) is 2.22. The number of hydrogen-bond acceptors (Lipinski definition) is 2. The summed E-state index contributed by atoms with van der Waals surface area (Å²) in [5.74, 6) is 0. The van der Waals surface area contributed by atoms with Crippen LogP contribution in [0.5, 0.6) is 0 Å². The molecule has 0 N–H and O–H groups in total. The Balaban J connectivity index is 3.19. The van der Waals surface area contributed by atoms with Gasteiger partial charge in [0.15, 0.2) is 0 Å². The van der Waals surface area contributed by atoms with E-state index in [0.717, 1.165) is 0 Å². The molecule has 0 unspecified atom stereocenters. The highest BCUT2D eigenvalue weighted by molar-refractivity contribution is 9.10. The van der Waals surface area contributed by atoms with Crippen LogP contribution in [0.1, 0.15) is 17.6 Å². The maximum Gasteiger partial charge on any atom is 0.266 e. The molecular formula is C8H5BrF2N2. The van der Waals surface area contributed by atoms with Gasteiger partial charge in [-0.05, 0) is 27.6 Å². The number of aromatic nitrogens is 1. The summed E-state index contributed by atoms with van der Waals surface area (Å²) in [7, 11) is 0. The molecule has 68 valence electrons. The van der Waals surface area contributed by atoms with E-state index < -0.39 is 6.43 Å². The Bertz CT molecular complexity index is 346. The molecule has 0 fully saturated rings. The van der Waals surface area contributed by atoms with Crippen molar-refractivity contribution in [3.05, 3.63) is 28.0 Å². The Morgan fingerprint density at radius 2 is 2.31 bits per heavy atom. The van der Waals surface area contributed by atoms with Crippen molar-refractivity contribution in [2.24, 2.45) is 0 Å². The van der Waals surface area contributed by atoms with E-state index in [2.05, 4.69) is 20.9 Å². The van der Waals surface area contributed by atoms with Crippen molar-refractivity contribution in [1.82, 2.24) is 4.98 Å². The van der Waals surface area contributed by atoms with Gasteiger partial charge in [0.05, 0.1) is 18.1 Å². The molecule has 0 radical (unpaired) electrons.